The minimum absolute atomic E-state index is 0. The first-order valence-corrected chi connectivity index (χ1v) is 13.0. The average Bonchev–Trinajstić information content (AvgIpc) is 3.56. The molecule has 0 N–H and O–H groups in total. The van der Waals surface area contributed by atoms with Crippen LogP contribution in [0.2, 0.25) is 0 Å². The van der Waals surface area contributed by atoms with Crippen LogP contribution in [0.1, 0.15) is 35.6 Å². The summed E-state index contributed by atoms with van der Waals surface area (Å²) in [4.78, 5) is 0. The van der Waals surface area contributed by atoms with Crippen LogP contribution in [0.4, 0.5) is 0 Å². The fourth-order valence-electron chi connectivity index (χ4n) is 4.11. The molecule has 1 nitrogen and oxygen atoms in total. The third-order valence-electron chi connectivity index (χ3n) is 5.91. The summed E-state index contributed by atoms with van der Waals surface area (Å²) >= 11 is 1.46. The molecule has 0 unspecified atom stereocenters. The Balaban J connectivity index is 0.000000205. The standard InChI is InChI=1S/C14H11O.C13H10.C6H7.2ClH.Zr/c1-15-13-8-4-6-11-9-10-5-2-3-7-12(10)14(11)13;1-3-7-12(8-4-1)11-13-9-5-2-6-10-13;1-6-4-2-3-5-6;;;/h2-5,7-8H,9H2,1H3;1-10H;4-5H,2H2,1H3;2*1H;/q-1;;-1;;;+2/p-2. The topological polar surface area (TPSA) is 9.23 Å². The predicted octanol–water partition coefficient (Wildman–Crippen LogP) is 1.57. The van der Waals surface area contributed by atoms with Crippen LogP contribution in [0.15, 0.2) is 115 Å². The van der Waals surface area contributed by atoms with E-state index in [9.17, 15) is 0 Å². The second-order valence-electron chi connectivity index (χ2n) is 8.34. The van der Waals surface area contributed by atoms with Gasteiger partial charge in [-0.25, -0.2) is 11.6 Å². The molecule has 4 heteroatoms. The van der Waals surface area contributed by atoms with Gasteiger partial charge in [-0.05, 0) is 12.0 Å². The summed E-state index contributed by atoms with van der Waals surface area (Å²) in [5.74, 6) is 0.952. The number of allylic oxidation sites excluding steroid dienone is 4. The van der Waals surface area contributed by atoms with E-state index in [-0.39, 0.29) is 24.8 Å². The number of hydrogen-bond acceptors (Lipinski definition) is 1. The average molecular weight is 603 g/mol. The molecule has 0 heterocycles. The van der Waals surface area contributed by atoms with Crippen molar-refractivity contribution in [3.63, 3.8) is 0 Å². The fraction of sp³-hybridized carbons (Fsp3) is 0.121. The summed E-state index contributed by atoms with van der Waals surface area (Å²) in [6.07, 6.45) is 9.22. The third-order valence-corrected chi connectivity index (χ3v) is 7.33. The van der Waals surface area contributed by atoms with Crippen LogP contribution in [-0.2, 0) is 30.7 Å². The van der Waals surface area contributed by atoms with Gasteiger partial charge in [-0.3, -0.25) is 6.08 Å². The molecule has 4 aromatic rings. The molecule has 0 bridgehead atoms. The van der Waals surface area contributed by atoms with Crippen molar-refractivity contribution in [3.8, 4) is 16.9 Å². The van der Waals surface area contributed by atoms with Gasteiger partial charge in [0.1, 0.15) is 0 Å². The van der Waals surface area contributed by atoms with Crippen molar-refractivity contribution < 1.29 is 53.8 Å². The number of halogens is 2. The second kappa shape index (κ2) is 15.7. The summed E-state index contributed by atoms with van der Waals surface area (Å²) in [7, 11) is 1.72. The molecule has 0 aromatic heterocycles. The van der Waals surface area contributed by atoms with Crippen LogP contribution in [0.5, 0.6) is 5.75 Å². The molecule has 0 radical (unpaired) electrons. The molecule has 0 aliphatic heterocycles. The molecule has 0 saturated heterocycles. The molecule has 0 fully saturated rings. The van der Waals surface area contributed by atoms with Crippen molar-refractivity contribution in [2.24, 2.45) is 0 Å². The molecular formula is C33H28Cl2OZr-2. The molecule has 2 aliphatic rings. The fourth-order valence-corrected chi connectivity index (χ4v) is 4.93. The minimum atomic E-state index is 0. The Morgan fingerprint density at radius 3 is 1.92 bits per heavy atom. The van der Waals surface area contributed by atoms with Gasteiger partial charge in [0, 0.05) is 5.75 Å². The van der Waals surface area contributed by atoms with Crippen LogP contribution in [0, 0.1) is 12.1 Å². The Morgan fingerprint density at radius 1 is 0.811 bits per heavy atom. The molecule has 2 aliphatic carbocycles. The van der Waals surface area contributed by atoms with E-state index in [1.807, 2.05) is 18.2 Å². The number of hydrogen-bond donors (Lipinski definition) is 0. The molecule has 0 spiro atoms. The molecule has 0 saturated carbocycles. The van der Waals surface area contributed by atoms with E-state index in [4.69, 9.17) is 4.74 Å². The number of benzene rings is 4. The van der Waals surface area contributed by atoms with Crippen molar-refractivity contribution in [2.75, 3.05) is 7.11 Å². The van der Waals surface area contributed by atoms with Crippen LogP contribution in [-0.4, -0.2) is 10.3 Å². The Kier molecular flexibility index (Phi) is 13.0. The van der Waals surface area contributed by atoms with Crippen LogP contribution < -0.4 is 29.6 Å². The molecule has 186 valence electrons. The van der Waals surface area contributed by atoms with Crippen LogP contribution in [0.3, 0.4) is 0 Å². The summed E-state index contributed by atoms with van der Waals surface area (Å²) in [5.41, 5.74) is 9.13. The molecule has 37 heavy (non-hydrogen) atoms. The molecule has 0 atom stereocenters. The van der Waals surface area contributed by atoms with Crippen molar-refractivity contribution in [1.29, 1.82) is 0 Å². The monoisotopic (exact) mass is 600 g/mol. The molecule has 6 rings (SSSR count). The van der Waals surface area contributed by atoms with E-state index in [0.29, 0.717) is 0 Å². The SMILES string of the molecule is CC1=CC[C-]=C1.COc1cc[c-]c2c1-c1ccccc1C2.[Cl-].[Cl-].[Zr+2]=[C](c1ccccc1)c1ccccc1. The quantitative estimate of drug-likeness (QED) is 0.285. The first-order valence-electron chi connectivity index (χ1n) is 11.8. The first-order chi connectivity index (χ1) is 17.2. The second-order valence-corrected chi connectivity index (χ2v) is 9.57. The van der Waals surface area contributed by atoms with E-state index in [2.05, 4.69) is 110 Å². The van der Waals surface area contributed by atoms with E-state index in [0.717, 1.165) is 18.6 Å². The van der Waals surface area contributed by atoms with Crippen molar-refractivity contribution in [2.45, 2.75) is 19.8 Å². The van der Waals surface area contributed by atoms with E-state index < -0.39 is 0 Å². The predicted molar refractivity (Wildman–Crippen MR) is 142 cm³/mol. The third kappa shape index (κ3) is 8.24. The van der Waals surface area contributed by atoms with Gasteiger partial charge < -0.3 is 29.6 Å². The summed E-state index contributed by atoms with van der Waals surface area (Å²) < 4.78 is 6.81. The number of ether oxygens (including phenoxy) is 1. The first kappa shape index (κ1) is 30.7. The molecule has 0 amide bonds. The van der Waals surface area contributed by atoms with Crippen molar-refractivity contribution in [1.82, 2.24) is 0 Å². The van der Waals surface area contributed by atoms with Gasteiger partial charge in [-0.2, -0.15) is 18.2 Å². The zero-order valence-electron chi connectivity index (χ0n) is 21.0. The maximum atomic E-state index is 5.39. The van der Waals surface area contributed by atoms with Gasteiger partial charge in [-0.1, -0.05) is 35.4 Å². The van der Waals surface area contributed by atoms with E-state index >= 15 is 0 Å². The van der Waals surface area contributed by atoms with Gasteiger partial charge in [0.2, 0.25) is 0 Å². The Bertz CT molecular complexity index is 1300. The zero-order chi connectivity index (χ0) is 24.5. The maximum absolute atomic E-state index is 5.39. The summed E-state index contributed by atoms with van der Waals surface area (Å²) in [6, 6.07) is 36.8. The molecule has 4 aromatic carbocycles. The summed E-state index contributed by atoms with van der Waals surface area (Å²) in [5, 5.41) is 0. The van der Waals surface area contributed by atoms with Gasteiger partial charge in [0.15, 0.2) is 0 Å². The van der Waals surface area contributed by atoms with Gasteiger partial charge in [0.05, 0.1) is 7.11 Å². The van der Waals surface area contributed by atoms with Crippen molar-refractivity contribution in [3.05, 3.63) is 149 Å². The van der Waals surface area contributed by atoms with Gasteiger partial charge in [-0.15, -0.1) is 25.0 Å². The van der Waals surface area contributed by atoms with Gasteiger partial charge in [0.25, 0.3) is 0 Å². The Morgan fingerprint density at radius 2 is 1.41 bits per heavy atom. The van der Waals surface area contributed by atoms with E-state index in [1.165, 1.54) is 66.4 Å². The van der Waals surface area contributed by atoms with Crippen LogP contribution >= 0.6 is 0 Å². The van der Waals surface area contributed by atoms with Gasteiger partial charge >= 0.3 is 99.2 Å². The number of methoxy groups -OCH3 is 1. The Hall–Kier alpha value is -2.51. The van der Waals surface area contributed by atoms with Crippen molar-refractivity contribution >= 4 is 3.21 Å². The van der Waals surface area contributed by atoms with Crippen LogP contribution in [0.25, 0.3) is 11.1 Å². The number of rotatable bonds is 3. The number of fused-ring (bicyclic) bond motifs is 3. The molecular weight excluding hydrogens is 574 g/mol. The Labute approximate surface area is 248 Å². The van der Waals surface area contributed by atoms with E-state index in [1.54, 1.807) is 7.11 Å². The summed E-state index contributed by atoms with van der Waals surface area (Å²) in [6.45, 7) is 2.08. The zero-order valence-corrected chi connectivity index (χ0v) is 24.9. The normalized spacial score (nSPS) is 11.6.